The number of amides is 4. The minimum Gasteiger partial charge on any atom is -0.405 e. The molecular formula is C45H49F3N12O5. The Bertz CT molecular complexity index is 2510. The molecule has 4 saturated carbocycles. The Labute approximate surface area is 372 Å². The second-order valence-electron chi connectivity index (χ2n) is 17.9. The van der Waals surface area contributed by atoms with Crippen LogP contribution in [0.3, 0.4) is 0 Å². The number of halogens is 3. The number of unbranched alkanes of at least 4 members (excludes halogenated alkanes) is 1. The molecule has 4 unspecified atom stereocenters. The molecular weight excluding hydrogens is 846 g/mol. The van der Waals surface area contributed by atoms with E-state index in [9.17, 15) is 37.6 Å². The predicted molar refractivity (Wildman–Crippen MR) is 228 cm³/mol. The van der Waals surface area contributed by atoms with Gasteiger partial charge in [0.2, 0.25) is 17.8 Å². The van der Waals surface area contributed by atoms with Crippen LogP contribution in [0.1, 0.15) is 95.3 Å². The van der Waals surface area contributed by atoms with E-state index < -0.39 is 36.0 Å². The Kier molecular flexibility index (Phi) is 12.1. The molecule has 6 atom stereocenters. The number of rotatable bonds is 18. The lowest BCUT2D eigenvalue weighted by Gasteiger charge is -2.60. The van der Waals surface area contributed by atoms with Crippen molar-refractivity contribution in [2.45, 2.75) is 95.7 Å². The lowest BCUT2D eigenvalue weighted by molar-refractivity contribution is -0.274. The molecule has 5 N–H and O–H groups in total. The van der Waals surface area contributed by atoms with Crippen LogP contribution in [0.4, 0.5) is 30.6 Å². The van der Waals surface area contributed by atoms with Crippen molar-refractivity contribution in [2.24, 2.45) is 23.2 Å². The fourth-order valence-electron chi connectivity index (χ4n) is 11.0. The number of piperidine rings is 1. The predicted octanol–water partition coefficient (Wildman–Crippen LogP) is 5.18. The summed E-state index contributed by atoms with van der Waals surface area (Å²) in [5.41, 5.74) is 2.39. The third-order valence-corrected chi connectivity index (χ3v) is 13.5. The number of carbonyl (C=O) groups is 4. The van der Waals surface area contributed by atoms with Crippen LogP contribution < -0.4 is 31.3 Å². The third kappa shape index (κ3) is 9.46. The average Bonchev–Trinajstić information content (AvgIpc) is 3.83. The molecule has 6 aliphatic rings. The SMILES string of the molecule is N#Cc1cnc(NCc2ccccc2OC(F)(F)F)nc1NCC12CC3C[C@H](C1)C(NCCCCn1cc(CCNc4cccc5c4C(=O)N(C4CCC(=O)NC4=O)C5=O)nn1)[C@@H](C3)C2. The number of anilines is 3. The molecule has 2 aromatic heterocycles. The van der Waals surface area contributed by atoms with Crippen molar-refractivity contribution >= 4 is 41.1 Å². The maximum atomic E-state index is 13.4. The van der Waals surface area contributed by atoms with Crippen molar-refractivity contribution in [3.05, 3.63) is 82.8 Å². The van der Waals surface area contributed by atoms with E-state index in [1.165, 1.54) is 37.2 Å². The molecule has 1 saturated heterocycles. The van der Waals surface area contributed by atoms with Crippen molar-refractivity contribution in [1.29, 1.82) is 5.26 Å². The highest BCUT2D eigenvalue weighted by Gasteiger charge is 2.55. The van der Waals surface area contributed by atoms with E-state index in [-0.39, 0.29) is 53.2 Å². The van der Waals surface area contributed by atoms with Gasteiger partial charge in [-0.15, -0.1) is 18.3 Å². The summed E-state index contributed by atoms with van der Waals surface area (Å²) in [5, 5.41) is 34.3. The average molecular weight is 895 g/mol. The second kappa shape index (κ2) is 18.1. The third-order valence-electron chi connectivity index (χ3n) is 13.5. The zero-order chi connectivity index (χ0) is 45.3. The minimum absolute atomic E-state index is 0.00580. The highest BCUT2D eigenvalue weighted by atomic mass is 19.4. The number of nitriles is 1. The first-order valence-electron chi connectivity index (χ1n) is 22.1. The molecule has 340 valence electrons. The molecule has 4 bridgehead atoms. The summed E-state index contributed by atoms with van der Waals surface area (Å²) in [6.07, 6.45) is 6.81. The summed E-state index contributed by atoms with van der Waals surface area (Å²) in [6, 6.07) is 12.4. The summed E-state index contributed by atoms with van der Waals surface area (Å²) >= 11 is 0. The molecule has 4 heterocycles. The fraction of sp³-hybridized carbons (Fsp3) is 0.489. The molecule has 4 amide bonds. The first-order valence-corrected chi connectivity index (χ1v) is 22.1. The van der Waals surface area contributed by atoms with Crippen LogP contribution >= 0.6 is 0 Å². The Morgan fingerprint density at radius 3 is 2.55 bits per heavy atom. The van der Waals surface area contributed by atoms with E-state index in [4.69, 9.17) is 0 Å². The maximum Gasteiger partial charge on any atom is 0.573 e. The van der Waals surface area contributed by atoms with Gasteiger partial charge in [0.15, 0.2) is 0 Å². The first kappa shape index (κ1) is 43.6. The van der Waals surface area contributed by atoms with Gasteiger partial charge < -0.3 is 26.0 Å². The Morgan fingerprint density at radius 2 is 1.77 bits per heavy atom. The second-order valence-corrected chi connectivity index (χ2v) is 17.9. The monoisotopic (exact) mass is 894 g/mol. The van der Waals surface area contributed by atoms with E-state index in [0.717, 1.165) is 55.8 Å². The van der Waals surface area contributed by atoms with Crippen LogP contribution in [-0.2, 0) is 29.1 Å². The molecule has 65 heavy (non-hydrogen) atoms. The largest absolute Gasteiger partial charge is 0.573 e. The summed E-state index contributed by atoms with van der Waals surface area (Å²) in [6.45, 7) is 2.73. The zero-order valence-corrected chi connectivity index (χ0v) is 35.5. The quantitative estimate of drug-likeness (QED) is 0.0642. The van der Waals surface area contributed by atoms with E-state index in [1.54, 1.807) is 24.3 Å². The molecule has 2 aromatic carbocycles. The smallest absolute Gasteiger partial charge is 0.405 e. The lowest BCUT2D eigenvalue weighted by atomic mass is 9.48. The number of ether oxygens (including phenoxy) is 1. The van der Waals surface area contributed by atoms with Crippen LogP contribution in [-0.4, -0.2) is 91.6 Å². The van der Waals surface area contributed by atoms with Crippen LogP contribution in [0.2, 0.25) is 0 Å². The number of fused-ring (bicyclic) bond motifs is 1. The summed E-state index contributed by atoms with van der Waals surface area (Å²) in [7, 11) is 0. The van der Waals surface area contributed by atoms with Gasteiger partial charge in [0.1, 0.15) is 29.2 Å². The molecule has 5 fully saturated rings. The van der Waals surface area contributed by atoms with Gasteiger partial charge in [-0.05, 0) is 99.3 Å². The first-order chi connectivity index (χ1) is 31.3. The van der Waals surface area contributed by atoms with Crippen LogP contribution in [0, 0.1) is 34.5 Å². The van der Waals surface area contributed by atoms with Gasteiger partial charge in [-0.3, -0.25) is 34.1 Å². The number of para-hydroxylation sites is 1. The van der Waals surface area contributed by atoms with E-state index >= 15 is 0 Å². The van der Waals surface area contributed by atoms with Crippen LogP contribution in [0.25, 0.3) is 0 Å². The molecule has 4 aromatic rings. The summed E-state index contributed by atoms with van der Waals surface area (Å²) in [5.74, 6) is -0.106. The van der Waals surface area contributed by atoms with Crippen molar-refractivity contribution in [1.82, 2.24) is 40.5 Å². The van der Waals surface area contributed by atoms with Crippen molar-refractivity contribution in [3.8, 4) is 11.8 Å². The van der Waals surface area contributed by atoms with Gasteiger partial charge in [0.05, 0.1) is 23.0 Å². The number of hydrogen-bond donors (Lipinski definition) is 5. The molecule has 0 radical (unpaired) electrons. The Balaban J connectivity index is 0.714. The van der Waals surface area contributed by atoms with Gasteiger partial charge in [-0.25, -0.2) is 4.98 Å². The van der Waals surface area contributed by atoms with Gasteiger partial charge in [0, 0.05) is 62.5 Å². The highest BCUT2D eigenvalue weighted by molar-refractivity contribution is 6.25. The minimum atomic E-state index is -4.82. The Morgan fingerprint density at radius 1 is 0.954 bits per heavy atom. The van der Waals surface area contributed by atoms with Crippen molar-refractivity contribution < 1.29 is 37.1 Å². The molecule has 4 aliphatic carbocycles. The normalized spacial score (nSPS) is 24.5. The van der Waals surface area contributed by atoms with Gasteiger partial charge in [-0.2, -0.15) is 10.2 Å². The van der Waals surface area contributed by atoms with Gasteiger partial charge in [0.25, 0.3) is 11.8 Å². The standard InChI is InChI=1S/C45H49F3N12O5/c46-45(47,48)65-35-9-2-1-6-27(35)22-52-43-53-23-30(21-49)39(56-43)54-25-44-18-26-16-28(19-44)38(29(17-26)20-44)51-13-3-4-15-59-24-31(57-58-59)12-14-50-33-8-5-7-32-37(33)42(64)60(41(32)63)34-10-11-36(61)55-40(34)62/h1-2,5-9,23-24,26,28-29,34,38,50-51H,3-4,10-20,22,25H2,(H,55,61,62)(H2,52,53,54,56)/t26?,28-,29+,34?,38?,44?. The number of nitrogens with zero attached hydrogens (tertiary/aromatic N) is 7. The van der Waals surface area contributed by atoms with Crippen molar-refractivity contribution in [3.63, 3.8) is 0 Å². The van der Waals surface area contributed by atoms with Crippen molar-refractivity contribution in [2.75, 3.05) is 35.6 Å². The number of alkyl halides is 3. The van der Waals surface area contributed by atoms with Crippen LogP contribution in [0.5, 0.6) is 5.75 Å². The number of aryl methyl sites for hydroxylation is 1. The van der Waals surface area contributed by atoms with E-state index in [0.29, 0.717) is 60.4 Å². The van der Waals surface area contributed by atoms with Gasteiger partial charge >= 0.3 is 6.36 Å². The lowest BCUT2D eigenvalue weighted by Crippen LogP contribution is -2.59. The zero-order valence-electron chi connectivity index (χ0n) is 35.5. The summed E-state index contributed by atoms with van der Waals surface area (Å²) in [4.78, 5) is 60.4. The van der Waals surface area contributed by atoms with E-state index in [1.807, 2.05) is 10.9 Å². The molecule has 10 rings (SSSR count). The number of aromatic nitrogens is 5. The maximum absolute atomic E-state index is 13.4. The fourth-order valence-corrected chi connectivity index (χ4v) is 11.0. The number of nitrogens with one attached hydrogen (secondary N) is 5. The number of hydrogen-bond acceptors (Lipinski definition) is 14. The number of imide groups is 2. The Hall–Kier alpha value is -6.62. The summed E-state index contributed by atoms with van der Waals surface area (Å²) < 4.78 is 44.8. The molecule has 20 heteroatoms. The molecule has 17 nitrogen and oxygen atoms in total. The highest BCUT2D eigenvalue weighted by Crippen LogP contribution is 2.60. The number of carbonyl (C=O) groups excluding carboxylic acids is 4. The topological polar surface area (TPSA) is 221 Å². The number of benzene rings is 2. The molecule has 2 aliphatic heterocycles. The van der Waals surface area contributed by atoms with E-state index in [2.05, 4.69) is 57.7 Å². The van der Waals surface area contributed by atoms with Crippen LogP contribution in [0.15, 0.2) is 54.9 Å². The molecule has 0 spiro atoms. The van der Waals surface area contributed by atoms with Gasteiger partial charge in [-0.1, -0.05) is 29.5 Å².